The Balaban J connectivity index is 1.54. The van der Waals surface area contributed by atoms with Gasteiger partial charge in [-0.15, -0.1) is 0 Å². The van der Waals surface area contributed by atoms with Crippen LogP contribution in [-0.4, -0.2) is 67.2 Å². The molecule has 1 aromatic rings. The number of hydrogen-bond acceptors (Lipinski definition) is 4. The first kappa shape index (κ1) is 18.9. The van der Waals surface area contributed by atoms with Gasteiger partial charge in [-0.2, -0.15) is 0 Å². The van der Waals surface area contributed by atoms with Gasteiger partial charge in [0.25, 0.3) is 0 Å². The maximum absolute atomic E-state index is 13.9. The zero-order valence-corrected chi connectivity index (χ0v) is 16.1. The van der Waals surface area contributed by atoms with Gasteiger partial charge in [0.15, 0.2) is 17.6 Å². The molecule has 1 aliphatic carbocycles. The number of halogens is 1. The van der Waals surface area contributed by atoms with Crippen molar-refractivity contribution in [2.45, 2.75) is 51.2 Å². The fourth-order valence-electron chi connectivity index (χ4n) is 3.39. The SMILES string of the molecule is CCNC(=NCC(C)N(C)C1CC1)NC1CCN(c2ncccc2F)C1. The molecule has 7 heteroatoms. The molecular weight excluding hydrogens is 331 g/mol. The van der Waals surface area contributed by atoms with Crippen molar-refractivity contribution in [3.63, 3.8) is 0 Å². The fraction of sp³-hybridized carbons (Fsp3) is 0.684. The van der Waals surface area contributed by atoms with E-state index in [9.17, 15) is 4.39 Å². The maximum atomic E-state index is 13.9. The lowest BCUT2D eigenvalue weighted by Crippen LogP contribution is -2.45. The van der Waals surface area contributed by atoms with Gasteiger partial charge in [-0.3, -0.25) is 9.89 Å². The van der Waals surface area contributed by atoms with E-state index in [0.717, 1.165) is 44.6 Å². The summed E-state index contributed by atoms with van der Waals surface area (Å²) in [5.74, 6) is 1.03. The number of guanidine groups is 1. The molecule has 3 rings (SSSR count). The summed E-state index contributed by atoms with van der Waals surface area (Å²) in [6.07, 6.45) is 5.20. The van der Waals surface area contributed by atoms with Crippen LogP contribution in [0.3, 0.4) is 0 Å². The maximum Gasteiger partial charge on any atom is 0.191 e. The Labute approximate surface area is 155 Å². The van der Waals surface area contributed by atoms with Gasteiger partial charge in [0.1, 0.15) is 0 Å². The number of pyridine rings is 1. The third-order valence-corrected chi connectivity index (χ3v) is 5.24. The molecule has 0 aromatic carbocycles. The van der Waals surface area contributed by atoms with Crippen molar-refractivity contribution in [3.8, 4) is 0 Å². The van der Waals surface area contributed by atoms with Gasteiger partial charge < -0.3 is 15.5 Å². The van der Waals surface area contributed by atoms with Crippen LogP contribution in [0.15, 0.2) is 23.3 Å². The third kappa shape index (κ3) is 4.84. The van der Waals surface area contributed by atoms with Crippen molar-refractivity contribution < 1.29 is 4.39 Å². The van der Waals surface area contributed by atoms with Crippen LogP contribution in [0.25, 0.3) is 0 Å². The van der Waals surface area contributed by atoms with E-state index < -0.39 is 0 Å². The van der Waals surface area contributed by atoms with Crippen molar-refractivity contribution in [2.75, 3.05) is 38.1 Å². The Morgan fingerprint density at radius 1 is 1.46 bits per heavy atom. The molecule has 2 unspecified atom stereocenters. The number of aliphatic imine (C=N–C) groups is 1. The molecule has 0 spiro atoms. The highest BCUT2D eigenvalue weighted by Gasteiger charge is 2.29. The zero-order chi connectivity index (χ0) is 18.5. The van der Waals surface area contributed by atoms with E-state index in [0.29, 0.717) is 11.9 Å². The van der Waals surface area contributed by atoms with E-state index in [4.69, 9.17) is 4.99 Å². The van der Waals surface area contributed by atoms with Gasteiger partial charge in [0, 0.05) is 44.0 Å². The monoisotopic (exact) mass is 362 g/mol. The Morgan fingerprint density at radius 2 is 2.27 bits per heavy atom. The minimum absolute atomic E-state index is 0.241. The van der Waals surface area contributed by atoms with Gasteiger partial charge in [0.2, 0.25) is 0 Å². The van der Waals surface area contributed by atoms with Crippen LogP contribution in [0.4, 0.5) is 10.2 Å². The quantitative estimate of drug-likeness (QED) is 0.573. The highest BCUT2D eigenvalue weighted by molar-refractivity contribution is 5.80. The van der Waals surface area contributed by atoms with Crippen molar-refractivity contribution in [2.24, 2.45) is 4.99 Å². The van der Waals surface area contributed by atoms with Crippen LogP contribution >= 0.6 is 0 Å². The summed E-state index contributed by atoms with van der Waals surface area (Å²) in [4.78, 5) is 13.4. The lowest BCUT2D eigenvalue weighted by Gasteiger charge is -2.24. The molecule has 1 saturated heterocycles. The van der Waals surface area contributed by atoms with Crippen LogP contribution < -0.4 is 15.5 Å². The molecule has 0 bridgehead atoms. The molecule has 2 heterocycles. The summed E-state index contributed by atoms with van der Waals surface area (Å²) in [7, 11) is 2.19. The van der Waals surface area contributed by atoms with E-state index in [-0.39, 0.29) is 11.9 Å². The fourth-order valence-corrected chi connectivity index (χ4v) is 3.39. The number of likely N-dealkylation sites (N-methyl/N-ethyl adjacent to an activating group) is 1. The van der Waals surface area contributed by atoms with E-state index in [1.807, 2.05) is 4.90 Å². The smallest absolute Gasteiger partial charge is 0.191 e. The first-order chi connectivity index (χ1) is 12.6. The average molecular weight is 362 g/mol. The molecule has 2 atom stereocenters. The van der Waals surface area contributed by atoms with Gasteiger partial charge >= 0.3 is 0 Å². The minimum Gasteiger partial charge on any atom is -0.357 e. The first-order valence-electron chi connectivity index (χ1n) is 9.70. The Hall–Kier alpha value is -1.89. The van der Waals surface area contributed by atoms with Crippen molar-refractivity contribution in [1.82, 2.24) is 20.5 Å². The summed E-state index contributed by atoms with van der Waals surface area (Å²) in [6.45, 7) is 7.42. The molecule has 26 heavy (non-hydrogen) atoms. The molecule has 1 aromatic heterocycles. The highest BCUT2D eigenvalue weighted by Crippen LogP contribution is 2.27. The van der Waals surface area contributed by atoms with Crippen molar-refractivity contribution in [1.29, 1.82) is 0 Å². The molecule has 2 fully saturated rings. The molecule has 2 aliphatic rings. The van der Waals surface area contributed by atoms with E-state index in [1.165, 1.54) is 18.9 Å². The van der Waals surface area contributed by atoms with E-state index in [1.54, 1.807) is 12.3 Å². The standard InChI is InChI=1S/C19H31FN6/c1-4-21-19(23-12-14(2)25(3)16-7-8-16)24-15-9-11-26(13-15)18-17(20)6-5-10-22-18/h5-6,10,14-16H,4,7-9,11-13H2,1-3H3,(H2,21,23,24). The summed E-state index contributed by atoms with van der Waals surface area (Å²) >= 11 is 0. The topological polar surface area (TPSA) is 55.8 Å². The molecule has 1 aliphatic heterocycles. The Morgan fingerprint density at radius 3 is 2.96 bits per heavy atom. The molecule has 6 nitrogen and oxygen atoms in total. The largest absolute Gasteiger partial charge is 0.357 e. The van der Waals surface area contributed by atoms with Crippen LogP contribution in [0.2, 0.25) is 0 Å². The molecule has 1 saturated carbocycles. The predicted octanol–water partition coefficient (Wildman–Crippen LogP) is 1.84. The number of rotatable bonds is 7. The zero-order valence-electron chi connectivity index (χ0n) is 16.1. The second-order valence-electron chi connectivity index (χ2n) is 7.35. The second kappa shape index (κ2) is 8.66. The lowest BCUT2D eigenvalue weighted by molar-refractivity contribution is 0.253. The van der Waals surface area contributed by atoms with Gasteiger partial charge in [-0.1, -0.05) is 0 Å². The number of nitrogens with one attached hydrogen (secondary N) is 2. The number of anilines is 1. The second-order valence-corrected chi connectivity index (χ2v) is 7.35. The van der Waals surface area contributed by atoms with Gasteiger partial charge in [-0.25, -0.2) is 9.37 Å². The van der Waals surface area contributed by atoms with Gasteiger partial charge in [-0.05, 0) is 52.3 Å². The number of aromatic nitrogens is 1. The van der Waals surface area contributed by atoms with Crippen LogP contribution in [-0.2, 0) is 0 Å². The molecule has 144 valence electrons. The molecular formula is C19H31FN6. The Kier molecular flexibility index (Phi) is 6.29. The van der Waals surface area contributed by atoms with E-state index in [2.05, 4.69) is 41.4 Å². The molecule has 0 radical (unpaired) electrons. The Bertz CT molecular complexity index is 618. The van der Waals surface area contributed by atoms with Crippen molar-refractivity contribution >= 4 is 11.8 Å². The summed E-state index contributed by atoms with van der Waals surface area (Å²) in [6, 6.07) is 4.51. The summed E-state index contributed by atoms with van der Waals surface area (Å²) in [5.41, 5.74) is 0. The van der Waals surface area contributed by atoms with Crippen LogP contribution in [0, 0.1) is 5.82 Å². The number of hydrogen-bond donors (Lipinski definition) is 2. The minimum atomic E-state index is -0.259. The van der Waals surface area contributed by atoms with Gasteiger partial charge in [0.05, 0.1) is 6.54 Å². The molecule has 0 amide bonds. The summed E-state index contributed by atoms with van der Waals surface area (Å²) in [5, 5.41) is 6.83. The van der Waals surface area contributed by atoms with Crippen LogP contribution in [0.5, 0.6) is 0 Å². The first-order valence-corrected chi connectivity index (χ1v) is 9.70. The van der Waals surface area contributed by atoms with E-state index >= 15 is 0 Å². The lowest BCUT2D eigenvalue weighted by atomic mass is 10.2. The number of nitrogens with zero attached hydrogens (tertiary/aromatic N) is 4. The average Bonchev–Trinajstić information content (AvgIpc) is 3.39. The summed E-state index contributed by atoms with van der Waals surface area (Å²) < 4.78 is 13.9. The molecule has 2 N–H and O–H groups in total. The third-order valence-electron chi connectivity index (χ3n) is 5.24. The van der Waals surface area contributed by atoms with Crippen molar-refractivity contribution in [3.05, 3.63) is 24.1 Å². The predicted molar refractivity (Wildman–Crippen MR) is 104 cm³/mol. The van der Waals surface area contributed by atoms with Crippen LogP contribution in [0.1, 0.15) is 33.1 Å². The highest BCUT2D eigenvalue weighted by atomic mass is 19.1. The normalized spacial score (nSPS) is 22.0.